The van der Waals surface area contributed by atoms with Crippen LogP contribution in [0.25, 0.3) is 0 Å². The van der Waals surface area contributed by atoms with E-state index in [2.05, 4.69) is 12.2 Å². The summed E-state index contributed by atoms with van der Waals surface area (Å²) in [6, 6.07) is 0.794. The van der Waals surface area contributed by atoms with E-state index in [-0.39, 0.29) is 0 Å². The maximum atomic E-state index is 6.12. The summed E-state index contributed by atoms with van der Waals surface area (Å²) in [5.41, 5.74) is 0. The van der Waals surface area contributed by atoms with Crippen molar-refractivity contribution in [3.8, 4) is 0 Å². The molecule has 0 aromatic rings. The molecule has 4 atom stereocenters. The highest BCUT2D eigenvalue weighted by atomic mass is 16.5. The van der Waals surface area contributed by atoms with Gasteiger partial charge in [-0.15, -0.1) is 0 Å². The van der Waals surface area contributed by atoms with E-state index in [0.717, 1.165) is 25.1 Å². The van der Waals surface area contributed by atoms with Gasteiger partial charge in [0, 0.05) is 12.6 Å². The van der Waals surface area contributed by atoms with Crippen molar-refractivity contribution in [3.63, 3.8) is 0 Å². The highest BCUT2D eigenvalue weighted by Gasteiger charge is 2.29. The summed E-state index contributed by atoms with van der Waals surface area (Å²) in [5, 5.41) is 3.57. The first-order valence-electron chi connectivity index (χ1n) is 8.31. The molecule has 0 bridgehead atoms. The Labute approximate surface area is 117 Å². The minimum Gasteiger partial charge on any atom is -0.375 e. The lowest BCUT2D eigenvalue weighted by molar-refractivity contribution is -0.0653. The Kier molecular flexibility index (Phi) is 4.78. The lowest BCUT2D eigenvalue weighted by Gasteiger charge is -2.29. The van der Waals surface area contributed by atoms with Gasteiger partial charge in [0.05, 0.1) is 24.9 Å². The van der Waals surface area contributed by atoms with E-state index in [1.54, 1.807) is 0 Å². The molecular weight excluding hydrogens is 238 g/mol. The number of ether oxygens (including phenoxy) is 2. The second-order valence-electron chi connectivity index (χ2n) is 6.77. The number of nitrogens with one attached hydrogen (secondary N) is 1. The van der Waals surface area contributed by atoms with Crippen molar-refractivity contribution in [2.45, 2.75) is 82.6 Å². The van der Waals surface area contributed by atoms with Crippen molar-refractivity contribution < 1.29 is 9.47 Å². The first kappa shape index (κ1) is 13.8. The van der Waals surface area contributed by atoms with Gasteiger partial charge in [-0.3, -0.25) is 0 Å². The van der Waals surface area contributed by atoms with Crippen LogP contribution in [0.4, 0.5) is 0 Å². The SMILES string of the molecule is CC1CCCCC1OCC1CCC(CNC2CC2)O1. The molecule has 3 nitrogen and oxygen atoms in total. The summed E-state index contributed by atoms with van der Waals surface area (Å²) in [6.07, 6.45) is 11.7. The molecule has 4 unspecified atom stereocenters. The number of hydrogen-bond acceptors (Lipinski definition) is 3. The fraction of sp³-hybridized carbons (Fsp3) is 1.00. The Hall–Kier alpha value is -0.120. The van der Waals surface area contributed by atoms with Crippen molar-refractivity contribution >= 4 is 0 Å². The molecule has 0 spiro atoms. The number of rotatable bonds is 6. The van der Waals surface area contributed by atoms with Gasteiger partial charge in [-0.2, -0.15) is 0 Å². The molecular formula is C16H29NO2. The number of hydrogen-bond donors (Lipinski definition) is 1. The van der Waals surface area contributed by atoms with Gasteiger partial charge >= 0.3 is 0 Å². The van der Waals surface area contributed by atoms with Crippen molar-refractivity contribution in [3.05, 3.63) is 0 Å². The van der Waals surface area contributed by atoms with Gasteiger partial charge in [-0.25, -0.2) is 0 Å². The van der Waals surface area contributed by atoms with Gasteiger partial charge in [0.2, 0.25) is 0 Å². The Morgan fingerprint density at radius 2 is 1.79 bits per heavy atom. The zero-order chi connectivity index (χ0) is 13.1. The smallest absolute Gasteiger partial charge is 0.0814 e. The van der Waals surface area contributed by atoms with Gasteiger partial charge < -0.3 is 14.8 Å². The average Bonchev–Trinajstić information content (AvgIpc) is 3.14. The van der Waals surface area contributed by atoms with Crippen LogP contribution in [-0.4, -0.2) is 37.5 Å². The molecule has 3 heteroatoms. The van der Waals surface area contributed by atoms with Crippen LogP contribution in [0.5, 0.6) is 0 Å². The van der Waals surface area contributed by atoms with Crippen LogP contribution in [0.1, 0.15) is 58.3 Å². The first-order valence-corrected chi connectivity index (χ1v) is 8.31. The highest BCUT2D eigenvalue weighted by Crippen LogP contribution is 2.28. The molecule has 0 radical (unpaired) electrons. The van der Waals surface area contributed by atoms with E-state index in [9.17, 15) is 0 Å². The summed E-state index contributed by atoms with van der Waals surface area (Å²) in [5.74, 6) is 0.738. The fourth-order valence-electron chi connectivity index (χ4n) is 3.40. The summed E-state index contributed by atoms with van der Waals surface area (Å²) in [7, 11) is 0. The van der Waals surface area contributed by atoms with E-state index in [1.165, 1.54) is 51.4 Å². The van der Waals surface area contributed by atoms with E-state index < -0.39 is 0 Å². The van der Waals surface area contributed by atoms with Crippen LogP contribution in [0, 0.1) is 5.92 Å². The van der Waals surface area contributed by atoms with E-state index in [0.29, 0.717) is 18.3 Å². The Morgan fingerprint density at radius 1 is 1.00 bits per heavy atom. The molecule has 3 fully saturated rings. The third-order valence-electron chi connectivity index (χ3n) is 4.94. The lowest BCUT2D eigenvalue weighted by Crippen LogP contribution is -2.31. The van der Waals surface area contributed by atoms with Gasteiger partial charge in [-0.05, 0) is 44.4 Å². The van der Waals surface area contributed by atoms with Crippen LogP contribution in [-0.2, 0) is 9.47 Å². The van der Waals surface area contributed by atoms with Crippen molar-refractivity contribution in [2.75, 3.05) is 13.2 Å². The van der Waals surface area contributed by atoms with Gasteiger partial charge in [0.1, 0.15) is 0 Å². The molecule has 3 aliphatic rings. The van der Waals surface area contributed by atoms with Crippen molar-refractivity contribution in [1.29, 1.82) is 0 Å². The van der Waals surface area contributed by atoms with Gasteiger partial charge in [-0.1, -0.05) is 19.8 Å². The van der Waals surface area contributed by atoms with E-state index in [4.69, 9.17) is 9.47 Å². The molecule has 1 N–H and O–H groups in total. The molecule has 3 rings (SSSR count). The molecule has 1 aliphatic heterocycles. The third-order valence-corrected chi connectivity index (χ3v) is 4.94. The maximum Gasteiger partial charge on any atom is 0.0814 e. The predicted molar refractivity (Wildman–Crippen MR) is 76.3 cm³/mol. The lowest BCUT2D eigenvalue weighted by atomic mass is 9.88. The Morgan fingerprint density at radius 3 is 2.58 bits per heavy atom. The normalized spacial score (nSPS) is 39.6. The third kappa shape index (κ3) is 4.17. The Balaban J connectivity index is 1.32. The summed E-state index contributed by atoms with van der Waals surface area (Å²) in [6.45, 7) is 4.19. The molecule has 2 aliphatic carbocycles. The standard InChI is InChI=1S/C16H29NO2/c1-12-4-2-3-5-16(12)18-11-15-9-8-14(19-15)10-17-13-6-7-13/h12-17H,2-11H2,1H3. The zero-order valence-electron chi connectivity index (χ0n) is 12.3. The van der Waals surface area contributed by atoms with Crippen LogP contribution in [0.2, 0.25) is 0 Å². The van der Waals surface area contributed by atoms with E-state index >= 15 is 0 Å². The largest absolute Gasteiger partial charge is 0.375 e. The maximum absolute atomic E-state index is 6.12. The van der Waals surface area contributed by atoms with Crippen LogP contribution < -0.4 is 5.32 Å². The van der Waals surface area contributed by atoms with Crippen LogP contribution in [0.15, 0.2) is 0 Å². The minimum absolute atomic E-state index is 0.347. The Bertz CT molecular complexity index is 280. The van der Waals surface area contributed by atoms with Gasteiger partial charge in [0.15, 0.2) is 0 Å². The van der Waals surface area contributed by atoms with E-state index in [1.807, 2.05) is 0 Å². The predicted octanol–water partition coefficient (Wildman–Crippen LogP) is 2.88. The summed E-state index contributed by atoms with van der Waals surface area (Å²) >= 11 is 0. The monoisotopic (exact) mass is 267 g/mol. The fourth-order valence-corrected chi connectivity index (χ4v) is 3.40. The molecule has 1 saturated heterocycles. The second kappa shape index (κ2) is 6.55. The van der Waals surface area contributed by atoms with Crippen LogP contribution in [0.3, 0.4) is 0 Å². The first-order chi connectivity index (χ1) is 9.31. The van der Waals surface area contributed by atoms with Crippen molar-refractivity contribution in [2.24, 2.45) is 5.92 Å². The van der Waals surface area contributed by atoms with Gasteiger partial charge in [0.25, 0.3) is 0 Å². The topological polar surface area (TPSA) is 30.5 Å². The molecule has 19 heavy (non-hydrogen) atoms. The zero-order valence-corrected chi connectivity index (χ0v) is 12.3. The molecule has 0 aromatic carbocycles. The molecule has 2 saturated carbocycles. The molecule has 1 heterocycles. The average molecular weight is 267 g/mol. The van der Waals surface area contributed by atoms with Crippen molar-refractivity contribution in [1.82, 2.24) is 5.32 Å². The molecule has 0 amide bonds. The molecule has 0 aromatic heterocycles. The summed E-state index contributed by atoms with van der Waals surface area (Å²) < 4.78 is 12.2. The second-order valence-corrected chi connectivity index (χ2v) is 6.77. The summed E-state index contributed by atoms with van der Waals surface area (Å²) in [4.78, 5) is 0. The molecule has 110 valence electrons. The quantitative estimate of drug-likeness (QED) is 0.802. The van der Waals surface area contributed by atoms with Crippen LogP contribution >= 0.6 is 0 Å². The minimum atomic E-state index is 0.347. The highest BCUT2D eigenvalue weighted by molar-refractivity contribution is 4.84.